The summed E-state index contributed by atoms with van der Waals surface area (Å²) in [6.45, 7) is 2.11. The molecule has 4 rings (SSSR count). The average molecular weight is 448 g/mol. The zero-order valence-electron chi connectivity index (χ0n) is 18.3. The minimum absolute atomic E-state index is 0.0947. The van der Waals surface area contributed by atoms with Crippen molar-refractivity contribution in [3.8, 4) is 11.5 Å². The number of aromatic nitrogens is 4. The number of phenolic OH excluding ortho intramolecular Hbond substituents is 1. The van der Waals surface area contributed by atoms with E-state index >= 15 is 0 Å². The lowest BCUT2D eigenvalue weighted by molar-refractivity contribution is -0.140. The van der Waals surface area contributed by atoms with Crippen LogP contribution in [0.4, 0.5) is 0 Å². The van der Waals surface area contributed by atoms with E-state index in [9.17, 15) is 19.8 Å². The molecule has 0 aliphatic carbocycles. The normalized spacial score (nSPS) is 12.1. The van der Waals surface area contributed by atoms with Gasteiger partial charge in [0.15, 0.2) is 5.65 Å². The van der Waals surface area contributed by atoms with Crippen molar-refractivity contribution in [2.45, 2.75) is 32.2 Å². The van der Waals surface area contributed by atoms with Gasteiger partial charge in [-0.1, -0.05) is 12.1 Å². The van der Waals surface area contributed by atoms with Crippen LogP contribution >= 0.6 is 0 Å². The summed E-state index contributed by atoms with van der Waals surface area (Å²) in [7, 11) is 1.28. The van der Waals surface area contributed by atoms with E-state index in [0.29, 0.717) is 29.9 Å². The molecule has 0 aliphatic heterocycles. The first-order valence-electron chi connectivity index (χ1n) is 10.4. The van der Waals surface area contributed by atoms with E-state index in [1.807, 2.05) is 0 Å². The fourth-order valence-electron chi connectivity index (χ4n) is 3.99. The molecule has 170 valence electrons. The third kappa shape index (κ3) is 4.43. The molecule has 9 heteroatoms. The first-order valence-corrected chi connectivity index (χ1v) is 10.4. The van der Waals surface area contributed by atoms with Gasteiger partial charge in [0.25, 0.3) is 5.56 Å². The Balaban J connectivity index is 1.79. The third-order valence-electron chi connectivity index (χ3n) is 5.71. The summed E-state index contributed by atoms with van der Waals surface area (Å²) in [5.41, 5.74) is 2.28. The van der Waals surface area contributed by atoms with Crippen LogP contribution in [0.3, 0.4) is 0 Å². The van der Waals surface area contributed by atoms with Gasteiger partial charge in [-0.2, -0.15) is 5.10 Å². The number of fused-ring (bicyclic) bond motifs is 1. The lowest BCUT2D eigenvalue weighted by Gasteiger charge is -2.19. The Morgan fingerprint density at radius 2 is 1.97 bits per heavy atom. The number of carbonyl (C=O) groups is 1. The zero-order chi connectivity index (χ0) is 23.5. The topological polar surface area (TPSA) is 119 Å². The molecule has 4 aromatic rings. The predicted molar refractivity (Wildman–Crippen MR) is 120 cm³/mol. The standard InChI is InChI=1S/C24H24N4O5/c1-15-12-20(30)22(24(32)27(15)11-8-16-4-6-17(29)7-5-16)18(13-21(31)33-2)19-14-26-28-10-3-9-25-23(19)28/h3-7,9-10,12,14,18,29-30H,8,11,13H2,1-2H3/t18-/m0/s1. The molecule has 0 fully saturated rings. The van der Waals surface area contributed by atoms with Gasteiger partial charge < -0.3 is 19.5 Å². The van der Waals surface area contributed by atoms with Crippen molar-refractivity contribution in [2.24, 2.45) is 0 Å². The molecule has 0 aliphatic rings. The average Bonchev–Trinajstić information content (AvgIpc) is 3.23. The van der Waals surface area contributed by atoms with E-state index in [1.165, 1.54) is 13.2 Å². The maximum absolute atomic E-state index is 13.6. The highest BCUT2D eigenvalue weighted by Gasteiger charge is 2.29. The Morgan fingerprint density at radius 1 is 1.21 bits per heavy atom. The molecule has 1 atom stereocenters. The number of rotatable bonds is 7. The molecular weight excluding hydrogens is 424 g/mol. The van der Waals surface area contributed by atoms with Crippen LogP contribution in [0, 0.1) is 6.92 Å². The van der Waals surface area contributed by atoms with Crippen molar-refractivity contribution in [1.29, 1.82) is 0 Å². The van der Waals surface area contributed by atoms with E-state index in [1.54, 1.807) is 64.9 Å². The number of pyridine rings is 1. The van der Waals surface area contributed by atoms with Crippen LogP contribution in [0.1, 0.15) is 34.7 Å². The zero-order valence-corrected chi connectivity index (χ0v) is 18.3. The molecule has 33 heavy (non-hydrogen) atoms. The Bertz CT molecular complexity index is 1360. The van der Waals surface area contributed by atoms with Gasteiger partial charge in [-0.25, -0.2) is 9.50 Å². The van der Waals surface area contributed by atoms with Crippen molar-refractivity contribution in [1.82, 2.24) is 19.2 Å². The highest BCUT2D eigenvalue weighted by Crippen LogP contribution is 2.34. The molecule has 0 bridgehead atoms. The van der Waals surface area contributed by atoms with Gasteiger partial charge >= 0.3 is 5.97 Å². The summed E-state index contributed by atoms with van der Waals surface area (Å²) in [6.07, 6.45) is 5.26. The summed E-state index contributed by atoms with van der Waals surface area (Å²) in [6, 6.07) is 10.0. The largest absolute Gasteiger partial charge is 0.508 e. The summed E-state index contributed by atoms with van der Waals surface area (Å²) >= 11 is 0. The number of aryl methyl sites for hydroxylation is 2. The second-order valence-electron chi connectivity index (χ2n) is 7.78. The molecule has 0 radical (unpaired) electrons. The van der Waals surface area contributed by atoms with Crippen molar-refractivity contribution < 1.29 is 19.7 Å². The number of nitrogens with zero attached hydrogens (tertiary/aromatic N) is 4. The maximum Gasteiger partial charge on any atom is 0.306 e. The van der Waals surface area contributed by atoms with Gasteiger partial charge in [-0.15, -0.1) is 0 Å². The highest BCUT2D eigenvalue weighted by atomic mass is 16.5. The minimum atomic E-state index is -0.794. The SMILES string of the molecule is COC(=O)C[C@H](c1c(O)cc(C)n(CCc2ccc(O)cc2)c1=O)c1cnn2cccnc12. The van der Waals surface area contributed by atoms with Crippen molar-refractivity contribution in [2.75, 3.05) is 7.11 Å². The number of ether oxygens (including phenoxy) is 1. The number of carbonyl (C=O) groups excluding carboxylic acids is 1. The van der Waals surface area contributed by atoms with E-state index in [0.717, 1.165) is 5.56 Å². The van der Waals surface area contributed by atoms with E-state index in [4.69, 9.17) is 4.74 Å². The van der Waals surface area contributed by atoms with Crippen LogP contribution in [0.2, 0.25) is 0 Å². The molecule has 0 saturated carbocycles. The molecule has 1 aromatic carbocycles. The van der Waals surface area contributed by atoms with Crippen LogP contribution in [0.25, 0.3) is 5.65 Å². The summed E-state index contributed by atoms with van der Waals surface area (Å²) in [5.74, 6) is -1.34. The molecule has 3 aromatic heterocycles. The Hall–Kier alpha value is -4.14. The smallest absolute Gasteiger partial charge is 0.306 e. The van der Waals surface area contributed by atoms with Crippen molar-refractivity contribution in [3.63, 3.8) is 0 Å². The number of benzene rings is 1. The number of methoxy groups -OCH3 is 1. The number of aromatic hydroxyl groups is 2. The van der Waals surface area contributed by atoms with Crippen molar-refractivity contribution in [3.05, 3.63) is 87.7 Å². The molecule has 0 unspecified atom stereocenters. The summed E-state index contributed by atoms with van der Waals surface area (Å²) in [5, 5.41) is 24.6. The Labute approximate surface area is 189 Å². The number of hydrogen-bond acceptors (Lipinski definition) is 7. The fraction of sp³-hybridized carbons (Fsp3) is 0.250. The summed E-state index contributed by atoms with van der Waals surface area (Å²) in [4.78, 5) is 30.2. The molecule has 9 nitrogen and oxygen atoms in total. The van der Waals surface area contributed by atoms with Crippen LogP contribution in [-0.4, -0.2) is 42.5 Å². The fourth-order valence-corrected chi connectivity index (χ4v) is 3.99. The van der Waals surface area contributed by atoms with Gasteiger partial charge in [-0.05, 0) is 43.2 Å². The van der Waals surface area contributed by atoms with Gasteiger partial charge in [-0.3, -0.25) is 9.59 Å². The van der Waals surface area contributed by atoms with Crippen LogP contribution < -0.4 is 5.56 Å². The second kappa shape index (κ2) is 9.15. The van der Waals surface area contributed by atoms with Crippen LogP contribution in [-0.2, 0) is 22.5 Å². The lowest BCUT2D eigenvalue weighted by Crippen LogP contribution is -2.29. The van der Waals surface area contributed by atoms with E-state index in [2.05, 4.69) is 10.1 Å². The number of esters is 1. The second-order valence-corrected chi connectivity index (χ2v) is 7.78. The number of hydrogen-bond donors (Lipinski definition) is 2. The monoisotopic (exact) mass is 448 g/mol. The van der Waals surface area contributed by atoms with Crippen molar-refractivity contribution >= 4 is 11.6 Å². The lowest BCUT2D eigenvalue weighted by atomic mass is 9.89. The minimum Gasteiger partial charge on any atom is -0.508 e. The van der Waals surface area contributed by atoms with E-state index < -0.39 is 17.4 Å². The van der Waals surface area contributed by atoms with Gasteiger partial charge in [0, 0.05) is 36.1 Å². The molecular formula is C24H24N4O5. The third-order valence-corrected chi connectivity index (χ3v) is 5.71. The quantitative estimate of drug-likeness (QED) is 0.417. The first-order chi connectivity index (χ1) is 15.9. The highest BCUT2D eigenvalue weighted by molar-refractivity contribution is 5.72. The van der Waals surface area contributed by atoms with Crippen LogP contribution in [0.5, 0.6) is 11.5 Å². The van der Waals surface area contributed by atoms with Gasteiger partial charge in [0.1, 0.15) is 11.5 Å². The molecule has 0 spiro atoms. The van der Waals surface area contributed by atoms with Gasteiger partial charge in [0.05, 0.1) is 25.3 Å². The molecule has 2 N–H and O–H groups in total. The molecule has 0 amide bonds. The van der Waals surface area contributed by atoms with Crippen LogP contribution in [0.15, 0.2) is 59.8 Å². The first kappa shape index (κ1) is 22.1. The van der Waals surface area contributed by atoms with Gasteiger partial charge in [0.2, 0.25) is 0 Å². The maximum atomic E-state index is 13.6. The predicted octanol–water partition coefficient (Wildman–Crippen LogP) is 2.55. The molecule has 3 heterocycles. The Morgan fingerprint density at radius 3 is 2.70 bits per heavy atom. The Kier molecular flexibility index (Phi) is 6.12. The number of phenols is 1. The molecule has 0 saturated heterocycles. The van der Waals surface area contributed by atoms with E-state index in [-0.39, 0.29) is 23.5 Å². The summed E-state index contributed by atoms with van der Waals surface area (Å²) < 4.78 is 7.99.